The number of methoxy groups -OCH3 is 1. The molecule has 0 spiro atoms. The van der Waals surface area contributed by atoms with E-state index in [0.29, 0.717) is 30.4 Å². The van der Waals surface area contributed by atoms with Gasteiger partial charge in [-0.15, -0.1) is 0 Å². The molecule has 0 aliphatic carbocycles. The highest BCUT2D eigenvalue weighted by atomic mass is 32.1. The zero-order valence-corrected chi connectivity index (χ0v) is 15.2. The van der Waals surface area contributed by atoms with Gasteiger partial charge >= 0.3 is 5.97 Å². The van der Waals surface area contributed by atoms with Crippen molar-refractivity contribution in [3.05, 3.63) is 47.2 Å². The molecule has 1 atom stereocenters. The molecule has 130 valence electrons. The number of allylic oxidation sites excluding steroid dienone is 1. The second-order valence-electron chi connectivity index (χ2n) is 5.49. The summed E-state index contributed by atoms with van der Waals surface area (Å²) in [5.41, 5.74) is 2.40. The highest BCUT2D eigenvalue weighted by Crippen LogP contribution is 2.31. The Bertz CT molecular complexity index is 616. The molecule has 0 radical (unpaired) electrons. The molecule has 2 rings (SSSR count). The highest BCUT2D eigenvalue weighted by molar-refractivity contribution is 7.80. The summed E-state index contributed by atoms with van der Waals surface area (Å²) in [6.07, 6.45) is 0.831. The molecular weight excluding hydrogens is 324 g/mol. The summed E-state index contributed by atoms with van der Waals surface area (Å²) in [5, 5.41) is 3.89. The van der Waals surface area contributed by atoms with Crippen LogP contribution in [0.1, 0.15) is 31.9 Å². The first-order valence-corrected chi connectivity index (χ1v) is 8.50. The van der Waals surface area contributed by atoms with Crippen molar-refractivity contribution >= 4 is 23.3 Å². The summed E-state index contributed by atoms with van der Waals surface area (Å²) in [5.74, 6) is -0.342. The molecule has 1 unspecified atom stereocenters. The van der Waals surface area contributed by atoms with Crippen LogP contribution in [0.2, 0.25) is 0 Å². The Kier molecular flexibility index (Phi) is 6.75. The fourth-order valence-electron chi connectivity index (χ4n) is 2.79. The first-order valence-electron chi connectivity index (χ1n) is 8.10. The Morgan fingerprint density at radius 1 is 1.33 bits per heavy atom. The number of carbonyl (C=O) groups is 1. The standard InChI is InChI=1S/C18H24N2O3S/c1-4-23-12-8-11-20-13(2)15(17(21)22-3)16(19-18(20)24)14-9-6-5-7-10-14/h5-7,9-10,16H,4,8,11-12H2,1-3H3,(H,19,24). The molecule has 1 aliphatic rings. The van der Waals surface area contributed by atoms with Crippen molar-refractivity contribution in [2.24, 2.45) is 0 Å². The first-order chi connectivity index (χ1) is 11.6. The number of nitrogens with zero attached hydrogens (tertiary/aromatic N) is 1. The fraction of sp³-hybridized carbons (Fsp3) is 0.444. The van der Waals surface area contributed by atoms with E-state index >= 15 is 0 Å². The fourth-order valence-corrected chi connectivity index (χ4v) is 3.14. The molecular formula is C18H24N2O3S. The van der Waals surface area contributed by atoms with Crippen LogP contribution in [0.25, 0.3) is 0 Å². The smallest absolute Gasteiger partial charge is 0.337 e. The van der Waals surface area contributed by atoms with Crippen molar-refractivity contribution in [2.45, 2.75) is 26.3 Å². The minimum absolute atomic E-state index is 0.297. The number of thiocarbonyl (C=S) groups is 1. The number of nitrogens with one attached hydrogen (secondary N) is 1. The summed E-state index contributed by atoms with van der Waals surface area (Å²) in [4.78, 5) is 14.3. The van der Waals surface area contributed by atoms with Crippen molar-refractivity contribution in [3.8, 4) is 0 Å². The van der Waals surface area contributed by atoms with Crippen LogP contribution >= 0.6 is 12.2 Å². The Hall–Kier alpha value is -1.92. The van der Waals surface area contributed by atoms with Gasteiger partial charge in [0, 0.05) is 25.5 Å². The van der Waals surface area contributed by atoms with Gasteiger partial charge in [-0.3, -0.25) is 0 Å². The average Bonchev–Trinajstić information content (AvgIpc) is 2.60. The molecule has 6 heteroatoms. The number of hydrogen-bond donors (Lipinski definition) is 1. The topological polar surface area (TPSA) is 50.8 Å². The number of benzene rings is 1. The number of esters is 1. The third kappa shape index (κ3) is 4.13. The first kappa shape index (κ1) is 18.4. The van der Waals surface area contributed by atoms with Gasteiger partial charge in [0.15, 0.2) is 5.11 Å². The number of hydrogen-bond acceptors (Lipinski definition) is 4. The van der Waals surface area contributed by atoms with Crippen LogP contribution in [-0.4, -0.2) is 42.8 Å². The number of carbonyl (C=O) groups excluding carboxylic acids is 1. The molecule has 0 bridgehead atoms. The van der Waals surface area contributed by atoms with Crippen molar-refractivity contribution < 1.29 is 14.3 Å². The maximum absolute atomic E-state index is 12.4. The Morgan fingerprint density at radius 2 is 2.04 bits per heavy atom. The Balaban J connectivity index is 2.30. The van der Waals surface area contributed by atoms with Crippen LogP contribution in [0.15, 0.2) is 41.6 Å². The molecule has 0 saturated carbocycles. The van der Waals surface area contributed by atoms with Gasteiger partial charge in [0.2, 0.25) is 0 Å². The number of rotatable bonds is 7. The van der Waals surface area contributed by atoms with Crippen LogP contribution in [0.4, 0.5) is 0 Å². The summed E-state index contributed by atoms with van der Waals surface area (Å²) >= 11 is 5.52. The Labute approximate surface area is 148 Å². The SMILES string of the molecule is CCOCCCN1C(=S)NC(c2ccccc2)C(C(=O)OC)=C1C. The van der Waals surface area contributed by atoms with E-state index in [9.17, 15) is 4.79 Å². The van der Waals surface area contributed by atoms with Crippen LogP contribution in [0.5, 0.6) is 0 Å². The van der Waals surface area contributed by atoms with Crippen molar-refractivity contribution in [1.29, 1.82) is 0 Å². The van der Waals surface area contributed by atoms with E-state index in [4.69, 9.17) is 21.7 Å². The second kappa shape index (κ2) is 8.80. The lowest BCUT2D eigenvalue weighted by Gasteiger charge is -2.37. The minimum Gasteiger partial charge on any atom is -0.466 e. The van der Waals surface area contributed by atoms with E-state index < -0.39 is 0 Å². The lowest BCUT2D eigenvalue weighted by Crippen LogP contribution is -2.48. The van der Waals surface area contributed by atoms with Gasteiger partial charge in [0.1, 0.15) is 0 Å². The normalized spacial score (nSPS) is 17.7. The third-order valence-electron chi connectivity index (χ3n) is 4.01. The Morgan fingerprint density at radius 3 is 2.67 bits per heavy atom. The van der Waals surface area contributed by atoms with Gasteiger partial charge in [-0.05, 0) is 38.0 Å². The predicted octanol–water partition coefficient (Wildman–Crippen LogP) is 2.79. The van der Waals surface area contributed by atoms with Gasteiger partial charge in [0.25, 0.3) is 0 Å². The zero-order valence-electron chi connectivity index (χ0n) is 14.4. The van der Waals surface area contributed by atoms with Crippen molar-refractivity contribution in [3.63, 3.8) is 0 Å². The van der Waals surface area contributed by atoms with Gasteiger partial charge < -0.3 is 19.7 Å². The molecule has 1 aromatic carbocycles. The second-order valence-corrected chi connectivity index (χ2v) is 5.87. The van der Waals surface area contributed by atoms with E-state index in [1.807, 2.05) is 49.1 Å². The quantitative estimate of drug-likeness (QED) is 0.465. The summed E-state index contributed by atoms with van der Waals surface area (Å²) in [6.45, 7) is 5.94. The molecule has 1 N–H and O–H groups in total. The maximum atomic E-state index is 12.4. The molecule has 1 heterocycles. The van der Waals surface area contributed by atoms with Gasteiger partial charge in [0.05, 0.1) is 18.7 Å². The van der Waals surface area contributed by atoms with Crippen molar-refractivity contribution in [1.82, 2.24) is 10.2 Å². The molecule has 1 aliphatic heterocycles. The molecule has 24 heavy (non-hydrogen) atoms. The minimum atomic E-state index is -0.342. The molecule has 5 nitrogen and oxygen atoms in total. The van der Waals surface area contributed by atoms with Crippen LogP contribution in [0.3, 0.4) is 0 Å². The highest BCUT2D eigenvalue weighted by Gasteiger charge is 2.34. The van der Waals surface area contributed by atoms with E-state index in [1.165, 1.54) is 7.11 Å². The largest absolute Gasteiger partial charge is 0.466 e. The van der Waals surface area contributed by atoms with Crippen LogP contribution < -0.4 is 5.32 Å². The molecule has 1 aromatic rings. The molecule has 0 aromatic heterocycles. The summed E-state index contributed by atoms with van der Waals surface area (Å²) < 4.78 is 10.4. The third-order valence-corrected chi connectivity index (χ3v) is 4.35. The zero-order chi connectivity index (χ0) is 17.5. The predicted molar refractivity (Wildman–Crippen MR) is 97.4 cm³/mol. The van der Waals surface area contributed by atoms with Gasteiger partial charge in [-0.1, -0.05) is 30.3 Å². The van der Waals surface area contributed by atoms with E-state index in [0.717, 1.165) is 17.7 Å². The van der Waals surface area contributed by atoms with Crippen LogP contribution in [-0.2, 0) is 14.3 Å². The lowest BCUT2D eigenvalue weighted by atomic mass is 9.95. The van der Waals surface area contributed by atoms with Gasteiger partial charge in [-0.2, -0.15) is 0 Å². The lowest BCUT2D eigenvalue weighted by molar-refractivity contribution is -0.136. The van der Waals surface area contributed by atoms with E-state index in [1.54, 1.807) is 0 Å². The molecule has 0 saturated heterocycles. The summed E-state index contributed by atoms with van der Waals surface area (Å²) in [6, 6.07) is 9.48. The maximum Gasteiger partial charge on any atom is 0.337 e. The average molecular weight is 348 g/mol. The van der Waals surface area contributed by atoms with Crippen molar-refractivity contribution in [2.75, 3.05) is 26.9 Å². The van der Waals surface area contributed by atoms with Gasteiger partial charge in [-0.25, -0.2) is 4.79 Å². The molecule has 0 amide bonds. The molecule has 0 fully saturated rings. The van der Waals surface area contributed by atoms with E-state index in [2.05, 4.69) is 5.32 Å². The number of ether oxygens (including phenoxy) is 2. The van der Waals surface area contributed by atoms with Crippen LogP contribution in [0, 0.1) is 0 Å². The summed E-state index contributed by atoms with van der Waals surface area (Å²) in [7, 11) is 1.40. The monoisotopic (exact) mass is 348 g/mol. The van der Waals surface area contributed by atoms with E-state index in [-0.39, 0.29) is 12.0 Å².